The zero-order valence-corrected chi connectivity index (χ0v) is 14.4. The highest BCUT2D eigenvalue weighted by Crippen LogP contribution is 2.32. The van der Waals surface area contributed by atoms with Gasteiger partial charge in [-0.2, -0.15) is 0 Å². The predicted molar refractivity (Wildman–Crippen MR) is 96.3 cm³/mol. The van der Waals surface area contributed by atoms with Gasteiger partial charge in [0.25, 0.3) is 0 Å². The van der Waals surface area contributed by atoms with E-state index in [9.17, 15) is 4.39 Å². The second kappa shape index (κ2) is 7.60. The summed E-state index contributed by atoms with van der Waals surface area (Å²) >= 11 is 0. The van der Waals surface area contributed by atoms with Crippen LogP contribution in [0.2, 0.25) is 0 Å². The van der Waals surface area contributed by atoms with Crippen molar-refractivity contribution in [3.05, 3.63) is 65.7 Å². The molecule has 0 amide bonds. The van der Waals surface area contributed by atoms with Crippen molar-refractivity contribution >= 4 is 0 Å². The van der Waals surface area contributed by atoms with Crippen molar-refractivity contribution in [1.82, 2.24) is 20.7 Å². The van der Waals surface area contributed by atoms with E-state index in [-0.39, 0.29) is 5.82 Å². The molecule has 2 aliphatic rings. The second-order valence-electron chi connectivity index (χ2n) is 7.20. The number of hydrogen-bond acceptors (Lipinski definition) is 4. The fourth-order valence-corrected chi connectivity index (χ4v) is 4.27. The summed E-state index contributed by atoms with van der Waals surface area (Å²) in [5, 5.41) is 0. The molecule has 4 nitrogen and oxygen atoms in total. The Hall–Kier alpha value is -1.82. The van der Waals surface area contributed by atoms with Gasteiger partial charge in [-0.25, -0.2) is 4.39 Å². The average Bonchev–Trinajstić information content (AvgIpc) is 3.13. The molecule has 3 atom stereocenters. The molecule has 2 fully saturated rings. The average molecular weight is 340 g/mol. The van der Waals surface area contributed by atoms with Crippen LogP contribution in [0.4, 0.5) is 4.39 Å². The Labute approximate surface area is 148 Å². The molecule has 2 saturated heterocycles. The van der Waals surface area contributed by atoms with Crippen molar-refractivity contribution in [3.8, 4) is 0 Å². The molecule has 2 aliphatic heterocycles. The van der Waals surface area contributed by atoms with Crippen molar-refractivity contribution in [1.29, 1.82) is 0 Å². The first-order valence-corrected chi connectivity index (χ1v) is 9.15. The molecule has 132 valence electrons. The van der Waals surface area contributed by atoms with Gasteiger partial charge in [0.1, 0.15) is 5.82 Å². The number of hydrazine groups is 1. The number of rotatable bonds is 4. The molecule has 0 bridgehead atoms. The zero-order valence-electron chi connectivity index (χ0n) is 14.4. The molecule has 4 rings (SSSR count). The maximum absolute atomic E-state index is 13.2. The minimum Gasteiger partial charge on any atom is -0.299 e. The summed E-state index contributed by atoms with van der Waals surface area (Å²) in [6, 6.07) is 11.6. The van der Waals surface area contributed by atoms with Gasteiger partial charge in [-0.15, -0.1) is 0 Å². The van der Waals surface area contributed by atoms with E-state index < -0.39 is 0 Å². The topological polar surface area (TPSA) is 40.2 Å². The van der Waals surface area contributed by atoms with Gasteiger partial charge in [0.15, 0.2) is 0 Å². The number of nitrogens with one attached hydrogen (secondary N) is 2. The van der Waals surface area contributed by atoms with Crippen LogP contribution in [-0.2, 0) is 6.54 Å². The molecular weight excluding hydrogens is 315 g/mol. The summed E-state index contributed by atoms with van der Waals surface area (Å²) in [6.07, 6.45) is 6.20. The van der Waals surface area contributed by atoms with E-state index in [0.29, 0.717) is 17.9 Å². The van der Waals surface area contributed by atoms with Crippen molar-refractivity contribution in [2.45, 2.75) is 31.3 Å². The normalized spacial score (nSPS) is 27.5. The van der Waals surface area contributed by atoms with Crippen LogP contribution in [0.1, 0.15) is 29.9 Å². The molecule has 0 spiro atoms. The number of pyridine rings is 1. The van der Waals surface area contributed by atoms with Gasteiger partial charge in [0, 0.05) is 44.0 Å². The van der Waals surface area contributed by atoms with Crippen LogP contribution < -0.4 is 10.9 Å². The lowest BCUT2D eigenvalue weighted by molar-refractivity contribution is 0.139. The van der Waals surface area contributed by atoms with Gasteiger partial charge in [0.2, 0.25) is 0 Å². The van der Waals surface area contributed by atoms with E-state index >= 15 is 0 Å². The van der Waals surface area contributed by atoms with Gasteiger partial charge in [-0.3, -0.25) is 20.7 Å². The Morgan fingerprint density at radius 3 is 2.72 bits per heavy atom. The third kappa shape index (κ3) is 3.89. The first-order chi connectivity index (χ1) is 12.3. The van der Waals surface area contributed by atoms with Gasteiger partial charge >= 0.3 is 0 Å². The largest absolute Gasteiger partial charge is 0.299 e. The molecule has 3 unspecified atom stereocenters. The smallest absolute Gasteiger partial charge is 0.123 e. The Morgan fingerprint density at radius 2 is 1.92 bits per heavy atom. The third-order valence-electron chi connectivity index (χ3n) is 5.53. The molecule has 2 N–H and O–H groups in total. The summed E-state index contributed by atoms with van der Waals surface area (Å²) < 4.78 is 13.2. The van der Waals surface area contributed by atoms with Gasteiger partial charge in [0.05, 0.1) is 0 Å². The maximum atomic E-state index is 13.2. The molecule has 5 heteroatoms. The molecule has 1 aromatic carbocycles. The zero-order chi connectivity index (χ0) is 17.1. The highest BCUT2D eigenvalue weighted by atomic mass is 19.1. The van der Waals surface area contributed by atoms with E-state index in [2.05, 4.69) is 32.9 Å². The van der Waals surface area contributed by atoms with Crippen molar-refractivity contribution in [2.24, 2.45) is 5.92 Å². The van der Waals surface area contributed by atoms with Crippen molar-refractivity contribution < 1.29 is 4.39 Å². The quantitative estimate of drug-likeness (QED) is 0.898. The Bertz CT molecular complexity index is 676. The maximum Gasteiger partial charge on any atom is 0.123 e. The van der Waals surface area contributed by atoms with Crippen LogP contribution in [0.15, 0.2) is 48.8 Å². The summed E-state index contributed by atoms with van der Waals surface area (Å²) in [6.45, 7) is 4.14. The van der Waals surface area contributed by atoms with E-state index in [1.807, 2.05) is 24.5 Å². The first-order valence-electron chi connectivity index (χ1n) is 9.15. The monoisotopic (exact) mass is 340 g/mol. The van der Waals surface area contributed by atoms with Crippen molar-refractivity contribution in [2.75, 3.05) is 19.6 Å². The summed E-state index contributed by atoms with van der Waals surface area (Å²) in [7, 11) is 0. The van der Waals surface area contributed by atoms with E-state index in [1.54, 1.807) is 12.1 Å². The van der Waals surface area contributed by atoms with Gasteiger partial charge in [-0.05, 0) is 60.7 Å². The minimum atomic E-state index is -0.166. The second-order valence-corrected chi connectivity index (χ2v) is 7.20. The number of aromatic nitrogens is 1. The van der Waals surface area contributed by atoms with Crippen LogP contribution in [0.25, 0.3) is 0 Å². The molecule has 1 aromatic heterocycles. The number of likely N-dealkylation sites (tertiary alicyclic amines) is 1. The highest BCUT2D eigenvalue weighted by Gasteiger charge is 2.36. The summed E-state index contributed by atoms with van der Waals surface area (Å²) in [5.74, 6) is 0.826. The van der Waals surface area contributed by atoms with Gasteiger partial charge < -0.3 is 0 Å². The first kappa shape index (κ1) is 16.6. The number of benzene rings is 1. The van der Waals surface area contributed by atoms with Crippen LogP contribution in [0, 0.1) is 11.7 Å². The lowest BCUT2D eigenvalue weighted by atomic mass is 9.81. The van der Waals surface area contributed by atoms with E-state index in [4.69, 9.17) is 0 Å². The van der Waals surface area contributed by atoms with Crippen LogP contribution in [-0.4, -0.2) is 35.6 Å². The number of halogens is 1. The van der Waals surface area contributed by atoms with Gasteiger partial charge in [-0.1, -0.05) is 12.1 Å². The van der Waals surface area contributed by atoms with Crippen LogP contribution >= 0.6 is 0 Å². The van der Waals surface area contributed by atoms with Crippen LogP contribution in [0.5, 0.6) is 0 Å². The molecule has 0 aliphatic carbocycles. The third-order valence-corrected chi connectivity index (χ3v) is 5.53. The number of piperidine rings is 1. The van der Waals surface area contributed by atoms with Crippen LogP contribution in [0.3, 0.4) is 0 Å². The Balaban J connectivity index is 1.44. The fourth-order valence-electron chi connectivity index (χ4n) is 4.27. The predicted octanol–water partition coefficient (Wildman–Crippen LogP) is 2.69. The highest BCUT2D eigenvalue weighted by molar-refractivity contribution is 5.24. The lowest BCUT2D eigenvalue weighted by Gasteiger charge is -2.37. The van der Waals surface area contributed by atoms with Crippen molar-refractivity contribution in [3.63, 3.8) is 0 Å². The molecule has 3 heterocycles. The van der Waals surface area contributed by atoms with E-state index in [0.717, 1.165) is 26.2 Å². The molecular formula is C20H25FN4. The number of nitrogens with zero attached hydrogens (tertiary/aromatic N) is 2. The standard InChI is InChI=1S/C20H25FN4/c21-18-5-3-16(4-6-18)19-12-23-24-20(19)17-2-1-11-25(14-17)13-15-7-9-22-10-8-15/h3-10,17,19-20,23-24H,1-2,11-14H2. The molecule has 25 heavy (non-hydrogen) atoms. The fraction of sp³-hybridized carbons (Fsp3) is 0.450. The summed E-state index contributed by atoms with van der Waals surface area (Å²) in [4.78, 5) is 6.65. The molecule has 0 saturated carbocycles. The van der Waals surface area contributed by atoms with E-state index in [1.165, 1.54) is 24.0 Å². The Morgan fingerprint density at radius 1 is 1.12 bits per heavy atom. The SMILES string of the molecule is Fc1ccc(C2CNNC2C2CCCN(Cc3ccncc3)C2)cc1. The minimum absolute atomic E-state index is 0.166. The molecule has 0 radical (unpaired) electrons. The summed E-state index contributed by atoms with van der Waals surface area (Å²) in [5.41, 5.74) is 9.36. The molecule has 2 aromatic rings. The number of hydrogen-bond donors (Lipinski definition) is 2. The lowest BCUT2D eigenvalue weighted by Crippen LogP contribution is -2.46. The Kier molecular flexibility index (Phi) is 5.06.